The van der Waals surface area contributed by atoms with Gasteiger partial charge in [-0.25, -0.2) is 4.79 Å². The van der Waals surface area contributed by atoms with Gasteiger partial charge in [0.05, 0.1) is 13.2 Å². The van der Waals surface area contributed by atoms with E-state index in [-0.39, 0.29) is 13.2 Å². The second-order valence-electron chi connectivity index (χ2n) is 6.69. The Morgan fingerprint density at radius 1 is 1.21 bits per heavy atom. The van der Waals surface area contributed by atoms with Crippen molar-refractivity contribution in [3.8, 4) is 0 Å². The number of aliphatic hydroxyl groups is 1. The molecule has 11 heteroatoms. The van der Waals surface area contributed by atoms with Gasteiger partial charge in [0.2, 0.25) is 5.95 Å². The normalized spacial score (nSPS) is 14.3. The second kappa shape index (κ2) is 7.54. The summed E-state index contributed by atoms with van der Waals surface area (Å²) in [5.74, 6) is 0.711. The summed E-state index contributed by atoms with van der Waals surface area (Å²) >= 11 is 2.20. The van der Waals surface area contributed by atoms with Crippen molar-refractivity contribution in [1.29, 1.82) is 0 Å². The van der Waals surface area contributed by atoms with E-state index >= 15 is 0 Å². The van der Waals surface area contributed by atoms with E-state index < -0.39 is 16.7 Å². The molecule has 4 rings (SSSR count). The first-order valence-corrected chi connectivity index (χ1v) is 10.5. The molecule has 0 saturated heterocycles. The highest BCUT2D eigenvalue weighted by Crippen LogP contribution is 2.35. The number of nitrogens with zero attached hydrogens (tertiary/aromatic N) is 4. The standard InChI is InChI=1S/C18H17F3N4O2S2/c1-10-22-16(24-5-4-14-11(7-24)6-13(9-26)28-14)23-17(27)25(10)8-12-2-3-15(29-12)18(19,20)21/h2-3,6,26H,4-5,7-9H2,1H3. The molecule has 0 spiro atoms. The van der Waals surface area contributed by atoms with Crippen LogP contribution in [-0.2, 0) is 32.3 Å². The van der Waals surface area contributed by atoms with Crippen LogP contribution in [0.25, 0.3) is 0 Å². The molecule has 6 nitrogen and oxygen atoms in total. The quantitative estimate of drug-likeness (QED) is 0.672. The number of halogens is 3. The monoisotopic (exact) mass is 442 g/mol. The summed E-state index contributed by atoms with van der Waals surface area (Å²) in [5, 5.41) is 9.31. The fourth-order valence-corrected chi connectivity index (χ4v) is 5.15. The van der Waals surface area contributed by atoms with E-state index in [2.05, 4.69) is 9.97 Å². The van der Waals surface area contributed by atoms with Crippen LogP contribution in [0.4, 0.5) is 19.1 Å². The third-order valence-corrected chi connectivity index (χ3v) is 7.03. The van der Waals surface area contributed by atoms with Gasteiger partial charge in [-0.1, -0.05) is 0 Å². The molecular formula is C18H17F3N4O2S2. The van der Waals surface area contributed by atoms with Gasteiger partial charge in [0.25, 0.3) is 0 Å². The molecule has 3 aromatic heterocycles. The van der Waals surface area contributed by atoms with Gasteiger partial charge in [-0.15, -0.1) is 22.7 Å². The number of rotatable bonds is 4. The topological polar surface area (TPSA) is 71.2 Å². The zero-order chi connectivity index (χ0) is 20.8. The molecule has 0 aromatic carbocycles. The van der Waals surface area contributed by atoms with Crippen molar-refractivity contribution in [3.63, 3.8) is 0 Å². The van der Waals surface area contributed by atoms with E-state index in [9.17, 15) is 23.1 Å². The maximum atomic E-state index is 12.8. The SMILES string of the molecule is Cc1nc(N2CCc3sc(CO)cc3C2)nc(=O)n1Cc1ccc(C(F)(F)F)s1. The van der Waals surface area contributed by atoms with Crippen LogP contribution in [0.5, 0.6) is 0 Å². The molecule has 0 radical (unpaired) electrons. The molecule has 0 aliphatic carbocycles. The number of hydrogen-bond acceptors (Lipinski definition) is 7. The Hall–Kier alpha value is -2.24. The maximum absolute atomic E-state index is 12.8. The van der Waals surface area contributed by atoms with E-state index in [1.54, 1.807) is 18.3 Å². The molecule has 4 heterocycles. The second-order valence-corrected chi connectivity index (χ2v) is 9.08. The van der Waals surface area contributed by atoms with Gasteiger partial charge in [-0.05, 0) is 37.1 Å². The summed E-state index contributed by atoms with van der Waals surface area (Å²) in [5.41, 5.74) is 0.551. The highest BCUT2D eigenvalue weighted by atomic mass is 32.1. The van der Waals surface area contributed by atoms with E-state index in [0.717, 1.165) is 22.9 Å². The number of thiophene rings is 2. The molecule has 154 valence electrons. The average molecular weight is 442 g/mol. The van der Waals surface area contributed by atoms with Crippen molar-refractivity contribution < 1.29 is 18.3 Å². The first-order valence-electron chi connectivity index (χ1n) is 8.82. The lowest BCUT2D eigenvalue weighted by Crippen LogP contribution is -2.35. The average Bonchev–Trinajstić information content (AvgIpc) is 3.30. The first kappa shape index (κ1) is 20.0. The lowest BCUT2D eigenvalue weighted by Gasteiger charge is -2.27. The van der Waals surface area contributed by atoms with Gasteiger partial charge >= 0.3 is 11.9 Å². The fraction of sp³-hybridized carbons (Fsp3) is 0.389. The number of anilines is 1. The molecule has 0 atom stereocenters. The van der Waals surface area contributed by atoms with Gasteiger partial charge < -0.3 is 10.0 Å². The lowest BCUT2D eigenvalue weighted by atomic mass is 10.1. The summed E-state index contributed by atoms with van der Waals surface area (Å²) in [6.45, 7) is 2.85. The summed E-state index contributed by atoms with van der Waals surface area (Å²) in [6, 6.07) is 4.34. The van der Waals surface area contributed by atoms with Crippen LogP contribution < -0.4 is 10.6 Å². The molecule has 29 heavy (non-hydrogen) atoms. The third-order valence-electron chi connectivity index (χ3n) is 4.69. The van der Waals surface area contributed by atoms with Gasteiger partial charge in [0.1, 0.15) is 10.7 Å². The number of hydrogen-bond donors (Lipinski definition) is 1. The fourth-order valence-electron chi connectivity index (χ4n) is 3.25. The van der Waals surface area contributed by atoms with E-state index in [1.165, 1.54) is 15.5 Å². The van der Waals surface area contributed by atoms with Crippen LogP contribution in [0.15, 0.2) is 23.0 Å². The summed E-state index contributed by atoms with van der Waals surface area (Å²) in [4.78, 5) is 24.8. The van der Waals surface area contributed by atoms with Crippen LogP contribution in [-0.4, -0.2) is 26.2 Å². The van der Waals surface area contributed by atoms with Gasteiger partial charge in [-0.2, -0.15) is 23.1 Å². The molecule has 1 N–H and O–H groups in total. The van der Waals surface area contributed by atoms with Crippen molar-refractivity contribution in [2.45, 2.75) is 39.2 Å². The first-order chi connectivity index (χ1) is 13.7. The van der Waals surface area contributed by atoms with E-state index in [4.69, 9.17) is 0 Å². The van der Waals surface area contributed by atoms with Crippen LogP contribution in [0, 0.1) is 6.92 Å². The Kier molecular flexibility index (Phi) is 5.21. The number of fused-ring (bicyclic) bond motifs is 1. The summed E-state index contributed by atoms with van der Waals surface area (Å²) in [6.07, 6.45) is -3.62. The van der Waals surface area contributed by atoms with Crippen LogP contribution >= 0.6 is 22.7 Å². The predicted molar refractivity (Wildman–Crippen MR) is 104 cm³/mol. The minimum atomic E-state index is -4.39. The van der Waals surface area contributed by atoms with Crippen molar-refractivity contribution in [1.82, 2.24) is 14.5 Å². The Bertz CT molecular complexity index is 1100. The molecule has 0 saturated carbocycles. The molecule has 1 aliphatic heterocycles. The van der Waals surface area contributed by atoms with Crippen LogP contribution in [0.2, 0.25) is 0 Å². The number of aryl methyl sites for hydroxylation is 1. The maximum Gasteiger partial charge on any atom is 0.425 e. The third kappa shape index (κ3) is 4.07. The molecule has 0 amide bonds. The van der Waals surface area contributed by atoms with Crippen molar-refractivity contribution in [2.24, 2.45) is 0 Å². The Balaban J connectivity index is 1.56. The molecule has 1 aliphatic rings. The summed E-state index contributed by atoms with van der Waals surface area (Å²) in [7, 11) is 0. The van der Waals surface area contributed by atoms with E-state index in [1.807, 2.05) is 11.0 Å². The van der Waals surface area contributed by atoms with Crippen LogP contribution in [0.1, 0.15) is 30.9 Å². The van der Waals surface area contributed by atoms with Crippen LogP contribution in [0.3, 0.4) is 0 Å². The molecule has 0 unspecified atom stereocenters. The van der Waals surface area contributed by atoms with E-state index in [0.29, 0.717) is 41.1 Å². The zero-order valence-corrected chi connectivity index (χ0v) is 17.0. The predicted octanol–water partition coefficient (Wildman–Crippen LogP) is 3.19. The number of aromatic nitrogens is 3. The Morgan fingerprint density at radius 3 is 2.66 bits per heavy atom. The van der Waals surface area contributed by atoms with Crippen molar-refractivity contribution >= 4 is 28.6 Å². The lowest BCUT2D eigenvalue weighted by molar-refractivity contribution is -0.134. The Morgan fingerprint density at radius 2 is 2.00 bits per heavy atom. The van der Waals surface area contributed by atoms with Crippen molar-refractivity contribution in [2.75, 3.05) is 11.4 Å². The number of alkyl halides is 3. The minimum Gasteiger partial charge on any atom is -0.391 e. The smallest absolute Gasteiger partial charge is 0.391 e. The molecule has 0 fully saturated rings. The number of aliphatic hydroxyl groups excluding tert-OH is 1. The van der Waals surface area contributed by atoms with Gasteiger partial charge in [0.15, 0.2) is 0 Å². The molecular weight excluding hydrogens is 425 g/mol. The minimum absolute atomic E-state index is 0.000230. The van der Waals surface area contributed by atoms with Crippen molar-refractivity contribution in [3.05, 3.63) is 59.6 Å². The van der Waals surface area contributed by atoms with Gasteiger partial charge in [0, 0.05) is 27.7 Å². The largest absolute Gasteiger partial charge is 0.425 e. The Labute approximate surface area is 171 Å². The molecule has 0 bridgehead atoms. The highest BCUT2D eigenvalue weighted by Gasteiger charge is 2.32. The van der Waals surface area contributed by atoms with Gasteiger partial charge in [-0.3, -0.25) is 4.57 Å². The summed E-state index contributed by atoms with van der Waals surface area (Å²) < 4.78 is 39.6. The zero-order valence-electron chi connectivity index (χ0n) is 15.4. The highest BCUT2D eigenvalue weighted by molar-refractivity contribution is 7.12. The molecule has 3 aromatic rings.